The van der Waals surface area contributed by atoms with Crippen LogP contribution in [0.4, 0.5) is 0 Å². The van der Waals surface area contributed by atoms with Crippen LogP contribution in [-0.2, 0) is 16.0 Å². The molecule has 0 aliphatic carbocycles. The average molecular weight is 352 g/mol. The average Bonchev–Trinajstić information content (AvgIpc) is 2.19. The smallest absolute Gasteiger partial charge is 0.329 e. The topological polar surface area (TPSA) is 46.5 Å². The van der Waals surface area contributed by atoms with Gasteiger partial charge in [0.15, 0.2) is 0 Å². The lowest BCUT2D eigenvalue weighted by Crippen LogP contribution is -2.09. The highest BCUT2D eigenvalue weighted by atomic mass is 79.9. The van der Waals surface area contributed by atoms with Crippen LogP contribution in [0.3, 0.4) is 0 Å². The molecule has 0 aliphatic heterocycles. The van der Waals surface area contributed by atoms with Gasteiger partial charge >= 0.3 is 5.97 Å². The van der Waals surface area contributed by atoms with Gasteiger partial charge in [0.05, 0.1) is 6.61 Å². The molecular weight excluding hydrogens is 340 g/mol. The molecule has 0 atom stereocenters. The van der Waals surface area contributed by atoms with Crippen LogP contribution in [-0.4, -0.2) is 24.3 Å². The molecule has 0 spiro atoms. The lowest BCUT2D eigenvalue weighted by molar-refractivity contribution is -0.142. The third-order valence-corrected chi connectivity index (χ3v) is 3.66. The number of aryl methyl sites for hydroxylation is 1. The van der Waals surface area contributed by atoms with Gasteiger partial charge in [0.25, 0.3) is 0 Å². The Kier molecular flexibility index (Phi) is 5.44. The maximum atomic E-state index is 10.2. The number of halogens is 2. The van der Waals surface area contributed by atoms with Crippen LogP contribution < -0.4 is 0 Å². The number of aliphatic carboxylic acids is 1. The maximum Gasteiger partial charge on any atom is 0.329 e. The van der Waals surface area contributed by atoms with E-state index in [1.54, 1.807) is 0 Å². The molecule has 0 radical (unpaired) electrons. The summed E-state index contributed by atoms with van der Waals surface area (Å²) in [5.41, 5.74) is 2.25. The molecule has 0 amide bonds. The minimum Gasteiger partial charge on any atom is -0.480 e. The summed E-state index contributed by atoms with van der Waals surface area (Å²) < 4.78 is 7.05. The fourth-order valence-electron chi connectivity index (χ4n) is 1.22. The van der Waals surface area contributed by atoms with Gasteiger partial charge in [-0.2, -0.15) is 0 Å². The van der Waals surface area contributed by atoms with Crippen molar-refractivity contribution in [1.29, 1.82) is 0 Å². The van der Waals surface area contributed by atoms with Crippen LogP contribution in [0.2, 0.25) is 0 Å². The zero-order valence-electron chi connectivity index (χ0n) is 8.80. The Morgan fingerprint density at radius 1 is 1.38 bits per heavy atom. The molecule has 1 aromatic rings. The zero-order chi connectivity index (χ0) is 12.1. The largest absolute Gasteiger partial charge is 0.480 e. The Hall–Kier alpha value is -0.390. The van der Waals surface area contributed by atoms with Gasteiger partial charge in [-0.15, -0.1) is 0 Å². The summed E-state index contributed by atoms with van der Waals surface area (Å²) in [5.74, 6) is -0.941. The van der Waals surface area contributed by atoms with E-state index in [1.807, 2.05) is 19.1 Å². The number of carboxylic acid groups (broad SMARTS) is 1. The molecule has 88 valence electrons. The molecule has 0 aliphatic rings. The summed E-state index contributed by atoms with van der Waals surface area (Å²) >= 11 is 6.93. The van der Waals surface area contributed by atoms with Crippen LogP contribution in [0.25, 0.3) is 0 Å². The first-order valence-electron chi connectivity index (χ1n) is 4.74. The van der Waals surface area contributed by atoms with Gasteiger partial charge in [-0.25, -0.2) is 4.79 Å². The summed E-state index contributed by atoms with van der Waals surface area (Å²) in [5, 5.41) is 8.40. The molecule has 0 unspecified atom stereocenters. The van der Waals surface area contributed by atoms with Crippen molar-refractivity contribution in [3.63, 3.8) is 0 Å². The quantitative estimate of drug-likeness (QED) is 0.829. The molecular formula is C11H12Br2O3. The first kappa shape index (κ1) is 13.7. The van der Waals surface area contributed by atoms with Crippen molar-refractivity contribution in [3.05, 3.63) is 32.2 Å². The predicted octanol–water partition coefficient (Wildman–Crippen LogP) is 3.16. The summed E-state index contributed by atoms with van der Waals surface area (Å²) in [4.78, 5) is 10.2. The highest BCUT2D eigenvalue weighted by Gasteiger charge is 2.04. The molecule has 5 heteroatoms. The number of carbonyl (C=O) groups is 1. The Balaban J connectivity index is 2.54. The van der Waals surface area contributed by atoms with Gasteiger partial charge in [0, 0.05) is 8.95 Å². The zero-order valence-corrected chi connectivity index (χ0v) is 12.0. The van der Waals surface area contributed by atoms with Crippen molar-refractivity contribution in [2.75, 3.05) is 13.2 Å². The molecule has 0 saturated carbocycles. The van der Waals surface area contributed by atoms with Crippen LogP contribution >= 0.6 is 31.9 Å². The Labute approximate surface area is 111 Å². The molecule has 0 fully saturated rings. The summed E-state index contributed by atoms with van der Waals surface area (Å²) in [6.45, 7) is 2.17. The standard InChI is InChI=1S/C11H12Br2O3/c1-7-4-10(13)8(5-9(7)12)2-3-16-6-11(14)15/h4-5H,2-3,6H2,1H3,(H,14,15). The normalized spacial score (nSPS) is 10.4. The summed E-state index contributed by atoms with van der Waals surface area (Å²) in [6, 6.07) is 4.04. The number of hydrogen-bond donors (Lipinski definition) is 1. The van der Waals surface area contributed by atoms with Gasteiger partial charge in [-0.3, -0.25) is 0 Å². The second-order valence-corrected chi connectivity index (χ2v) is 5.10. The van der Waals surface area contributed by atoms with Gasteiger partial charge in [0.2, 0.25) is 0 Å². The molecule has 0 bridgehead atoms. The third kappa shape index (κ3) is 4.23. The molecule has 0 heterocycles. The maximum absolute atomic E-state index is 10.2. The molecule has 1 N–H and O–H groups in total. The molecule has 0 aromatic heterocycles. The van der Waals surface area contributed by atoms with E-state index in [4.69, 9.17) is 9.84 Å². The first-order chi connectivity index (χ1) is 7.50. The number of ether oxygens (including phenoxy) is 1. The van der Waals surface area contributed by atoms with Gasteiger partial charge in [-0.05, 0) is 36.6 Å². The van der Waals surface area contributed by atoms with Crippen molar-refractivity contribution in [1.82, 2.24) is 0 Å². The number of hydrogen-bond acceptors (Lipinski definition) is 2. The van der Waals surface area contributed by atoms with Crippen LogP contribution in [0.1, 0.15) is 11.1 Å². The molecule has 1 aromatic carbocycles. The number of carboxylic acids is 1. The Morgan fingerprint density at radius 2 is 2.06 bits per heavy atom. The van der Waals surface area contributed by atoms with E-state index in [0.29, 0.717) is 13.0 Å². The van der Waals surface area contributed by atoms with E-state index in [-0.39, 0.29) is 6.61 Å². The fourth-order valence-corrected chi connectivity index (χ4v) is 2.27. The highest BCUT2D eigenvalue weighted by Crippen LogP contribution is 2.25. The van der Waals surface area contributed by atoms with E-state index in [0.717, 1.165) is 20.1 Å². The van der Waals surface area contributed by atoms with Crippen LogP contribution in [0.5, 0.6) is 0 Å². The van der Waals surface area contributed by atoms with E-state index in [9.17, 15) is 4.79 Å². The lowest BCUT2D eigenvalue weighted by Gasteiger charge is -2.07. The molecule has 16 heavy (non-hydrogen) atoms. The van der Waals surface area contributed by atoms with Gasteiger partial charge < -0.3 is 9.84 Å². The fraction of sp³-hybridized carbons (Fsp3) is 0.364. The van der Waals surface area contributed by atoms with Gasteiger partial charge in [-0.1, -0.05) is 31.9 Å². The minimum atomic E-state index is -0.941. The van der Waals surface area contributed by atoms with E-state index < -0.39 is 5.97 Å². The molecule has 1 rings (SSSR count). The lowest BCUT2D eigenvalue weighted by atomic mass is 10.1. The van der Waals surface area contributed by atoms with Crippen molar-refractivity contribution >= 4 is 37.8 Å². The Bertz CT molecular complexity index is 391. The van der Waals surface area contributed by atoms with Crippen molar-refractivity contribution in [2.45, 2.75) is 13.3 Å². The number of rotatable bonds is 5. The summed E-state index contributed by atoms with van der Waals surface area (Å²) in [6.07, 6.45) is 0.687. The first-order valence-corrected chi connectivity index (χ1v) is 6.33. The van der Waals surface area contributed by atoms with Gasteiger partial charge in [0.1, 0.15) is 6.61 Å². The van der Waals surface area contributed by atoms with Crippen LogP contribution in [0, 0.1) is 6.92 Å². The predicted molar refractivity (Wildman–Crippen MR) is 68.7 cm³/mol. The van der Waals surface area contributed by atoms with E-state index in [1.165, 1.54) is 0 Å². The van der Waals surface area contributed by atoms with Crippen molar-refractivity contribution in [3.8, 4) is 0 Å². The van der Waals surface area contributed by atoms with E-state index >= 15 is 0 Å². The second kappa shape index (κ2) is 6.37. The molecule has 3 nitrogen and oxygen atoms in total. The van der Waals surface area contributed by atoms with Crippen molar-refractivity contribution < 1.29 is 14.6 Å². The molecule has 0 saturated heterocycles. The summed E-state index contributed by atoms with van der Waals surface area (Å²) in [7, 11) is 0. The SMILES string of the molecule is Cc1cc(Br)c(CCOCC(=O)O)cc1Br. The van der Waals surface area contributed by atoms with E-state index in [2.05, 4.69) is 31.9 Å². The second-order valence-electron chi connectivity index (χ2n) is 3.39. The number of benzene rings is 1. The minimum absolute atomic E-state index is 0.245. The van der Waals surface area contributed by atoms with Crippen molar-refractivity contribution in [2.24, 2.45) is 0 Å². The highest BCUT2D eigenvalue weighted by molar-refractivity contribution is 9.11. The van der Waals surface area contributed by atoms with Crippen LogP contribution in [0.15, 0.2) is 21.1 Å². The monoisotopic (exact) mass is 350 g/mol. The Morgan fingerprint density at radius 3 is 2.69 bits per heavy atom. The third-order valence-electron chi connectivity index (χ3n) is 2.07.